The maximum absolute atomic E-state index is 14.5. The molecular formula is C36H53N5O5S2. The van der Waals surface area contributed by atoms with Gasteiger partial charge in [-0.3, -0.25) is 9.59 Å². The molecule has 2 aliphatic heterocycles. The van der Waals surface area contributed by atoms with Crippen molar-refractivity contribution < 1.29 is 22.7 Å². The molecule has 3 heterocycles. The zero-order chi connectivity index (χ0) is 34.1. The lowest BCUT2D eigenvalue weighted by molar-refractivity contribution is -0.146. The van der Waals surface area contributed by atoms with Gasteiger partial charge in [0.05, 0.1) is 12.3 Å². The number of hydrogen-bond acceptors (Lipinski definition) is 9. The molecule has 1 amide bonds. The predicted octanol–water partition coefficient (Wildman–Crippen LogP) is 5.04. The number of amides is 1. The Bertz CT molecular complexity index is 1490. The number of nitrogens with one attached hydrogen (secondary N) is 1. The van der Waals surface area contributed by atoms with E-state index in [9.17, 15) is 18.0 Å². The zero-order valence-electron chi connectivity index (χ0n) is 28.5. The summed E-state index contributed by atoms with van der Waals surface area (Å²) in [5.74, 6) is 0.442. The SMILES string of the molecule is C[C@@H]1N=C(N2CCN(C(=O)[C@@H](CCCCNS(C)(=O)=O)CC3CCCCC3)[C@H](C(=O)CCc3cccs3)C2)O[C@H]1c1cccc(CN)c1. The highest BCUT2D eigenvalue weighted by molar-refractivity contribution is 7.88. The number of ether oxygens (including phenoxy) is 1. The Balaban J connectivity index is 1.31. The first-order chi connectivity index (χ1) is 23.1. The molecule has 0 radical (unpaired) electrons. The summed E-state index contributed by atoms with van der Waals surface area (Å²) in [6.07, 6.45) is 10.8. The second-order valence-electron chi connectivity index (χ2n) is 13.8. The number of nitrogens with zero attached hydrogens (tertiary/aromatic N) is 3. The van der Waals surface area contributed by atoms with Gasteiger partial charge in [0.1, 0.15) is 12.1 Å². The number of rotatable bonds is 15. The minimum Gasteiger partial charge on any atom is -0.455 e. The molecule has 264 valence electrons. The fraction of sp³-hybridized carbons (Fsp3) is 0.639. The Morgan fingerprint density at radius 1 is 1.12 bits per heavy atom. The van der Waals surface area contributed by atoms with Crippen LogP contribution < -0.4 is 10.5 Å². The van der Waals surface area contributed by atoms with E-state index in [1.54, 1.807) is 11.3 Å². The van der Waals surface area contributed by atoms with Crippen molar-refractivity contribution in [2.24, 2.45) is 22.6 Å². The average molecular weight is 700 g/mol. The van der Waals surface area contributed by atoms with E-state index in [1.807, 2.05) is 46.4 Å². The first-order valence-corrected chi connectivity index (χ1v) is 20.5. The maximum Gasteiger partial charge on any atom is 0.288 e. The van der Waals surface area contributed by atoms with Crippen LogP contribution in [-0.4, -0.2) is 80.4 Å². The number of carbonyl (C=O) groups is 2. The van der Waals surface area contributed by atoms with E-state index in [2.05, 4.69) is 16.9 Å². The van der Waals surface area contributed by atoms with Gasteiger partial charge in [0.25, 0.3) is 6.02 Å². The van der Waals surface area contributed by atoms with Gasteiger partial charge in [-0.2, -0.15) is 0 Å². The highest BCUT2D eigenvalue weighted by atomic mass is 32.2. The average Bonchev–Trinajstić information content (AvgIpc) is 3.76. The van der Waals surface area contributed by atoms with Crippen LogP contribution in [0.2, 0.25) is 0 Å². The number of hydrogen-bond donors (Lipinski definition) is 2. The highest BCUT2D eigenvalue weighted by Crippen LogP contribution is 2.34. The Kier molecular flexibility index (Phi) is 13.1. The number of benzene rings is 1. The summed E-state index contributed by atoms with van der Waals surface area (Å²) in [4.78, 5) is 38.5. The number of carbonyl (C=O) groups excluding carboxylic acids is 2. The molecule has 2 fully saturated rings. The van der Waals surface area contributed by atoms with Gasteiger partial charge < -0.3 is 20.3 Å². The van der Waals surface area contributed by atoms with Gasteiger partial charge in [-0.25, -0.2) is 18.1 Å². The smallest absolute Gasteiger partial charge is 0.288 e. The van der Waals surface area contributed by atoms with Gasteiger partial charge in [0.15, 0.2) is 5.78 Å². The molecule has 1 saturated heterocycles. The lowest BCUT2D eigenvalue weighted by atomic mass is 9.80. The quantitative estimate of drug-likeness (QED) is 0.249. The second kappa shape index (κ2) is 17.2. The van der Waals surface area contributed by atoms with Crippen LogP contribution in [0.25, 0.3) is 0 Å². The summed E-state index contributed by atoms with van der Waals surface area (Å²) in [5, 5.41) is 2.02. The zero-order valence-corrected chi connectivity index (χ0v) is 30.2. The summed E-state index contributed by atoms with van der Waals surface area (Å²) < 4.78 is 32.2. The molecule has 4 atom stereocenters. The van der Waals surface area contributed by atoms with Crippen LogP contribution in [0.4, 0.5) is 0 Å². The van der Waals surface area contributed by atoms with Crippen LogP contribution in [-0.2, 0) is 37.3 Å². The summed E-state index contributed by atoms with van der Waals surface area (Å²) in [6, 6.07) is 12.0. The van der Waals surface area contributed by atoms with Gasteiger partial charge in [0.2, 0.25) is 15.9 Å². The number of piperazine rings is 1. The highest BCUT2D eigenvalue weighted by Gasteiger charge is 2.41. The second-order valence-corrected chi connectivity index (χ2v) is 16.6. The van der Waals surface area contributed by atoms with Gasteiger partial charge >= 0.3 is 0 Å². The molecule has 1 aliphatic carbocycles. The van der Waals surface area contributed by atoms with E-state index >= 15 is 0 Å². The van der Waals surface area contributed by atoms with Gasteiger partial charge in [-0.1, -0.05) is 68.9 Å². The fourth-order valence-electron chi connectivity index (χ4n) is 7.42. The summed E-state index contributed by atoms with van der Waals surface area (Å²) >= 11 is 1.65. The van der Waals surface area contributed by atoms with Crippen molar-refractivity contribution in [2.45, 2.75) is 102 Å². The summed E-state index contributed by atoms with van der Waals surface area (Å²) in [7, 11) is -3.25. The Morgan fingerprint density at radius 3 is 2.67 bits per heavy atom. The largest absolute Gasteiger partial charge is 0.455 e. The number of thiophene rings is 1. The first-order valence-electron chi connectivity index (χ1n) is 17.7. The van der Waals surface area contributed by atoms with Crippen molar-refractivity contribution in [1.82, 2.24) is 14.5 Å². The van der Waals surface area contributed by atoms with Crippen LogP contribution >= 0.6 is 11.3 Å². The van der Waals surface area contributed by atoms with E-state index in [4.69, 9.17) is 15.5 Å². The van der Waals surface area contributed by atoms with Crippen molar-refractivity contribution in [3.63, 3.8) is 0 Å². The first kappa shape index (κ1) is 36.5. The topological polar surface area (TPSA) is 134 Å². The third kappa shape index (κ3) is 10.1. The molecule has 0 unspecified atom stereocenters. The number of ketones is 1. The molecule has 3 N–H and O–H groups in total. The predicted molar refractivity (Wildman–Crippen MR) is 191 cm³/mol. The molecule has 2 aromatic rings. The molecule has 0 spiro atoms. The molecule has 5 rings (SSSR count). The Hall–Kier alpha value is -2.80. The summed E-state index contributed by atoms with van der Waals surface area (Å²) in [5.41, 5.74) is 7.96. The van der Waals surface area contributed by atoms with Crippen LogP contribution in [0.5, 0.6) is 0 Å². The molecule has 12 heteroatoms. The molecule has 10 nitrogen and oxygen atoms in total. The molecular weight excluding hydrogens is 647 g/mol. The van der Waals surface area contributed by atoms with Gasteiger partial charge in [0, 0.05) is 49.9 Å². The minimum atomic E-state index is -3.25. The van der Waals surface area contributed by atoms with Gasteiger partial charge in [-0.05, 0) is 61.1 Å². The van der Waals surface area contributed by atoms with E-state index in [0.29, 0.717) is 70.3 Å². The monoisotopic (exact) mass is 699 g/mol. The molecule has 1 aromatic heterocycles. The number of amidine groups is 1. The van der Waals surface area contributed by atoms with Crippen molar-refractivity contribution in [2.75, 3.05) is 32.4 Å². The number of nitrogens with two attached hydrogens (primary N) is 1. The number of Topliss-reactive ketones (excluding diaryl/α,β-unsaturated/α-hetero) is 1. The summed E-state index contributed by atoms with van der Waals surface area (Å²) in [6.45, 7) is 4.17. The molecule has 48 heavy (non-hydrogen) atoms. The van der Waals surface area contributed by atoms with Crippen molar-refractivity contribution >= 4 is 39.1 Å². The van der Waals surface area contributed by atoms with E-state index in [1.165, 1.54) is 25.5 Å². The number of aliphatic imine (C=N–C) groups is 1. The lowest BCUT2D eigenvalue weighted by Crippen LogP contribution is -2.60. The number of aryl methyl sites for hydroxylation is 1. The van der Waals surface area contributed by atoms with E-state index in [-0.39, 0.29) is 29.8 Å². The van der Waals surface area contributed by atoms with Crippen LogP contribution in [0.1, 0.15) is 93.2 Å². The standard InChI is InChI=1S/C36H53N5O5S2/c1-26-34(29-14-8-12-28(23-29)24-37)46-36(39-26)40-19-20-41(32(25-40)33(42)17-16-31-15-9-21-47-31)35(43)30(22-27-10-4-3-5-11-27)13-6-7-18-38-48(2,44)45/h8-9,12,14-15,21,23,26-27,30,32,34,38H,3-7,10-11,13,16-20,22,24-25,37H2,1-2H3/t26-,30-,32-,34+/m0/s1. The van der Waals surface area contributed by atoms with Crippen molar-refractivity contribution in [3.8, 4) is 0 Å². The van der Waals surface area contributed by atoms with Gasteiger partial charge in [-0.15, -0.1) is 11.3 Å². The maximum atomic E-state index is 14.5. The van der Waals surface area contributed by atoms with E-state index < -0.39 is 16.1 Å². The normalized spacial score (nSPS) is 22.7. The Morgan fingerprint density at radius 2 is 1.94 bits per heavy atom. The van der Waals surface area contributed by atoms with Crippen molar-refractivity contribution in [1.29, 1.82) is 0 Å². The van der Waals surface area contributed by atoms with Crippen LogP contribution in [0.3, 0.4) is 0 Å². The Labute approximate surface area is 290 Å². The number of sulfonamides is 1. The van der Waals surface area contributed by atoms with Crippen LogP contribution in [0.15, 0.2) is 46.8 Å². The van der Waals surface area contributed by atoms with Crippen LogP contribution in [0, 0.1) is 11.8 Å². The third-order valence-corrected chi connectivity index (χ3v) is 11.7. The number of unbranched alkanes of at least 4 members (excludes halogenated alkanes) is 1. The van der Waals surface area contributed by atoms with E-state index in [0.717, 1.165) is 41.7 Å². The molecule has 1 aromatic carbocycles. The molecule has 1 saturated carbocycles. The lowest BCUT2D eigenvalue weighted by Gasteiger charge is -2.42. The fourth-order valence-corrected chi connectivity index (χ4v) is 8.65. The molecule has 0 bridgehead atoms. The molecule has 3 aliphatic rings. The minimum absolute atomic E-state index is 0.0601. The van der Waals surface area contributed by atoms with Crippen molar-refractivity contribution in [3.05, 3.63) is 57.8 Å². The third-order valence-electron chi connectivity index (χ3n) is 10.0.